The highest BCUT2D eigenvalue weighted by Crippen LogP contribution is 2.31. The molecule has 0 saturated carbocycles. The van der Waals surface area contributed by atoms with Gasteiger partial charge in [-0.05, 0) is 54.9 Å². The van der Waals surface area contributed by atoms with E-state index in [0.29, 0.717) is 10.9 Å². The summed E-state index contributed by atoms with van der Waals surface area (Å²) in [7, 11) is 0. The zero-order valence-electron chi connectivity index (χ0n) is 9.29. The maximum atomic E-state index is 13.5. The Morgan fingerprint density at radius 3 is 2.72 bits per heavy atom. The fourth-order valence-corrected chi connectivity index (χ4v) is 3.81. The van der Waals surface area contributed by atoms with Crippen LogP contribution in [0.1, 0.15) is 16.5 Å². The van der Waals surface area contributed by atoms with Crippen LogP contribution in [-0.4, -0.2) is 0 Å². The van der Waals surface area contributed by atoms with Crippen molar-refractivity contribution in [3.05, 3.63) is 54.8 Å². The van der Waals surface area contributed by atoms with Crippen molar-refractivity contribution in [3.8, 4) is 0 Å². The van der Waals surface area contributed by atoms with Crippen LogP contribution >= 0.6 is 43.2 Å². The van der Waals surface area contributed by atoms with Gasteiger partial charge in [-0.3, -0.25) is 11.3 Å². The Hall–Kier alpha value is -0.270. The van der Waals surface area contributed by atoms with Gasteiger partial charge in [0.25, 0.3) is 0 Å². The van der Waals surface area contributed by atoms with E-state index in [1.54, 1.807) is 17.4 Å². The molecule has 0 amide bonds. The quantitative estimate of drug-likeness (QED) is 0.604. The van der Waals surface area contributed by atoms with Gasteiger partial charge in [0.15, 0.2) is 0 Å². The largest absolute Gasteiger partial charge is 0.271 e. The molecule has 0 aliphatic rings. The number of benzene rings is 1. The molecule has 3 N–H and O–H groups in total. The number of nitrogens with one attached hydrogen (secondary N) is 1. The third kappa shape index (κ3) is 3.00. The zero-order chi connectivity index (χ0) is 13.1. The molecule has 1 atom stereocenters. The topological polar surface area (TPSA) is 38.0 Å². The molecule has 1 heterocycles. The Kier molecular flexibility index (Phi) is 4.91. The van der Waals surface area contributed by atoms with E-state index < -0.39 is 0 Å². The smallest absolute Gasteiger partial charge is 0.137 e. The molecular formula is C12H11Br2FN2S. The lowest BCUT2D eigenvalue weighted by atomic mass is 10.0. The Morgan fingerprint density at radius 2 is 2.11 bits per heavy atom. The van der Waals surface area contributed by atoms with Crippen molar-refractivity contribution >= 4 is 43.2 Å². The summed E-state index contributed by atoms with van der Waals surface area (Å²) >= 11 is 8.40. The SMILES string of the molecule is NNC(Cc1sccc1Br)c1cccc(F)c1Br. The van der Waals surface area contributed by atoms with E-state index in [1.807, 2.05) is 17.5 Å². The van der Waals surface area contributed by atoms with Crippen molar-refractivity contribution in [3.63, 3.8) is 0 Å². The van der Waals surface area contributed by atoms with Gasteiger partial charge in [-0.15, -0.1) is 11.3 Å². The monoisotopic (exact) mass is 392 g/mol. The van der Waals surface area contributed by atoms with Crippen molar-refractivity contribution in [2.24, 2.45) is 5.84 Å². The molecule has 0 bridgehead atoms. The molecule has 0 saturated heterocycles. The molecule has 1 unspecified atom stereocenters. The van der Waals surface area contributed by atoms with E-state index in [4.69, 9.17) is 5.84 Å². The van der Waals surface area contributed by atoms with Crippen molar-refractivity contribution in [1.82, 2.24) is 5.43 Å². The molecule has 0 spiro atoms. The molecule has 0 radical (unpaired) electrons. The number of rotatable bonds is 4. The van der Waals surface area contributed by atoms with Crippen molar-refractivity contribution in [2.75, 3.05) is 0 Å². The van der Waals surface area contributed by atoms with E-state index in [1.165, 1.54) is 10.9 Å². The minimum absolute atomic E-state index is 0.134. The number of thiophene rings is 1. The molecular weight excluding hydrogens is 383 g/mol. The van der Waals surface area contributed by atoms with Gasteiger partial charge < -0.3 is 0 Å². The third-order valence-electron chi connectivity index (χ3n) is 2.64. The van der Waals surface area contributed by atoms with Gasteiger partial charge in [-0.1, -0.05) is 12.1 Å². The standard InChI is InChI=1S/C12H11Br2FN2S/c13-8-4-5-18-11(8)6-10(17-16)7-2-1-3-9(15)12(7)14/h1-5,10,17H,6,16H2. The predicted octanol–water partition coefficient (Wildman–Crippen LogP) is 4.16. The second-order valence-electron chi connectivity index (χ2n) is 3.76. The average Bonchev–Trinajstić information content (AvgIpc) is 2.76. The van der Waals surface area contributed by atoms with Crippen LogP contribution in [0.2, 0.25) is 0 Å². The highest BCUT2D eigenvalue weighted by molar-refractivity contribution is 9.10. The second kappa shape index (κ2) is 6.25. The summed E-state index contributed by atoms with van der Waals surface area (Å²) in [5.74, 6) is 5.31. The summed E-state index contributed by atoms with van der Waals surface area (Å²) in [6.45, 7) is 0. The van der Waals surface area contributed by atoms with Crippen LogP contribution in [0.25, 0.3) is 0 Å². The maximum absolute atomic E-state index is 13.5. The summed E-state index contributed by atoms with van der Waals surface area (Å²) in [6, 6.07) is 6.82. The van der Waals surface area contributed by atoms with Crippen LogP contribution in [-0.2, 0) is 6.42 Å². The van der Waals surface area contributed by atoms with E-state index in [0.717, 1.165) is 10.0 Å². The van der Waals surface area contributed by atoms with Crippen LogP contribution in [0.15, 0.2) is 38.6 Å². The Balaban J connectivity index is 2.29. The Bertz CT molecular complexity index is 545. The molecule has 0 fully saturated rings. The van der Waals surface area contributed by atoms with Gasteiger partial charge in [0.1, 0.15) is 5.82 Å². The Morgan fingerprint density at radius 1 is 1.33 bits per heavy atom. The van der Waals surface area contributed by atoms with Gasteiger partial charge in [0.2, 0.25) is 0 Å². The normalized spacial score (nSPS) is 12.7. The second-order valence-corrected chi connectivity index (χ2v) is 6.41. The summed E-state index contributed by atoms with van der Waals surface area (Å²) in [5, 5.41) is 2.01. The van der Waals surface area contributed by atoms with E-state index in [9.17, 15) is 4.39 Å². The van der Waals surface area contributed by atoms with E-state index in [-0.39, 0.29) is 11.9 Å². The van der Waals surface area contributed by atoms with Crippen LogP contribution < -0.4 is 11.3 Å². The number of hydrogen-bond donors (Lipinski definition) is 2. The lowest BCUT2D eigenvalue weighted by molar-refractivity contribution is 0.543. The first-order valence-electron chi connectivity index (χ1n) is 5.25. The van der Waals surface area contributed by atoms with Gasteiger partial charge in [-0.25, -0.2) is 4.39 Å². The van der Waals surface area contributed by atoms with Gasteiger partial charge in [0, 0.05) is 15.8 Å². The summed E-state index contributed by atoms with van der Waals surface area (Å²) < 4.78 is 15.0. The molecule has 1 aromatic heterocycles. The van der Waals surface area contributed by atoms with E-state index in [2.05, 4.69) is 37.3 Å². The van der Waals surface area contributed by atoms with Crippen LogP contribution in [0.3, 0.4) is 0 Å². The molecule has 18 heavy (non-hydrogen) atoms. The molecule has 0 aliphatic heterocycles. The molecule has 6 heteroatoms. The van der Waals surface area contributed by atoms with Gasteiger partial charge in [0.05, 0.1) is 10.5 Å². The molecule has 0 aliphatic carbocycles. The zero-order valence-corrected chi connectivity index (χ0v) is 13.3. The number of halogens is 3. The average molecular weight is 394 g/mol. The predicted molar refractivity (Wildman–Crippen MR) is 79.9 cm³/mol. The highest BCUT2D eigenvalue weighted by Gasteiger charge is 2.17. The minimum atomic E-state index is -0.280. The number of nitrogens with two attached hydrogens (primary N) is 1. The fourth-order valence-electron chi connectivity index (χ4n) is 1.70. The van der Waals surface area contributed by atoms with E-state index >= 15 is 0 Å². The first-order chi connectivity index (χ1) is 8.63. The van der Waals surface area contributed by atoms with Gasteiger partial charge >= 0.3 is 0 Å². The highest BCUT2D eigenvalue weighted by atomic mass is 79.9. The Labute approximate surface area is 126 Å². The van der Waals surface area contributed by atoms with Crippen molar-refractivity contribution in [2.45, 2.75) is 12.5 Å². The first-order valence-corrected chi connectivity index (χ1v) is 7.72. The van der Waals surface area contributed by atoms with Crippen LogP contribution in [0.5, 0.6) is 0 Å². The summed E-state index contributed by atoms with van der Waals surface area (Å²) in [5.41, 5.74) is 3.56. The van der Waals surface area contributed by atoms with Crippen LogP contribution in [0, 0.1) is 5.82 Å². The molecule has 96 valence electrons. The molecule has 2 rings (SSSR count). The number of hydrogen-bond acceptors (Lipinski definition) is 3. The minimum Gasteiger partial charge on any atom is -0.271 e. The van der Waals surface area contributed by atoms with Crippen LogP contribution in [0.4, 0.5) is 4.39 Å². The first kappa shape index (κ1) is 14.1. The lowest BCUT2D eigenvalue weighted by Gasteiger charge is -2.17. The van der Waals surface area contributed by atoms with Gasteiger partial charge in [-0.2, -0.15) is 0 Å². The fraction of sp³-hybridized carbons (Fsp3) is 0.167. The third-order valence-corrected chi connectivity index (χ3v) is 5.42. The van der Waals surface area contributed by atoms with Crippen molar-refractivity contribution in [1.29, 1.82) is 0 Å². The maximum Gasteiger partial charge on any atom is 0.137 e. The summed E-state index contributed by atoms with van der Waals surface area (Å²) in [6.07, 6.45) is 0.705. The summed E-state index contributed by atoms with van der Waals surface area (Å²) in [4.78, 5) is 1.18. The molecule has 2 aromatic rings. The number of hydrazine groups is 1. The lowest BCUT2D eigenvalue weighted by Crippen LogP contribution is -2.29. The van der Waals surface area contributed by atoms with Crippen molar-refractivity contribution < 1.29 is 4.39 Å². The molecule has 1 aromatic carbocycles. The molecule has 2 nitrogen and oxygen atoms in total.